The predicted octanol–water partition coefficient (Wildman–Crippen LogP) is 6.81. The summed E-state index contributed by atoms with van der Waals surface area (Å²) in [4.78, 5) is 1.52. The third-order valence-electron chi connectivity index (χ3n) is 4.72. The molecule has 0 unspecified atom stereocenters. The molecule has 0 aliphatic rings. The van der Waals surface area contributed by atoms with Gasteiger partial charge in [0.2, 0.25) is 19.7 Å². The summed E-state index contributed by atoms with van der Waals surface area (Å²) in [5, 5.41) is 0.293. The summed E-state index contributed by atoms with van der Waals surface area (Å²) in [7, 11) is -7.62. The van der Waals surface area contributed by atoms with Crippen molar-refractivity contribution in [1.29, 1.82) is 0 Å². The van der Waals surface area contributed by atoms with Crippen LogP contribution in [0.1, 0.15) is 0 Å². The molecule has 9 heteroatoms. The van der Waals surface area contributed by atoms with Crippen LogP contribution in [0.15, 0.2) is 126 Å². The first kappa shape index (κ1) is 23.9. The molecular formula is C24H16Cl2O4S3. The van der Waals surface area contributed by atoms with Crippen LogP contribution < -0.4 is 0 Å². The number of rotatable bonds is 6. The van der Waals surface area contributed by atoms with Gasteiger partial charge in [-0.2, -0.15) is 0 Å². The van der Waals surface area contributed by atoms with E-state index in [-0.39, 0.29) is 29.6 Å². The van der Waals surface area contributed by atoms with Gasteiger partial charge in [0, 0.05) is 9.79 Å². The molecule has 0 heterocycles. The zero-order valence-electron chi connectivity index (χ0n) is 16.9. The van der Waals surface area contributed by atoms with Gasteiger partial charge in [0.25, 0.3) is 0 Å². The fraction of sp³-hybridized carbons (Fsp3) is 0. The van der Waals surface area contributed by atoms with Gasteiger partial charge in [-0.3, -0.25) is 0 Å². The highest BCUT2D eigenvalue weighted by molar-refractivity contribution is 7.99. The molecule has 0 fully saturated rings. The lowest BCUT2D eigenvalue weighted by Gasteiger charge is -2.10. The van der Waals surface area contributed by atoms with Gasteiger partial charge in [0.15, 0.2) is 0 Å². The van der Waals surface area contributed by atoms with E-state index in [1.807, 2.05) is 0 Å². The second kappa shape index (κ2) is 9.52. The lowest BCUT2D eigenvalue weighted by Crippen LogP contribution is -2.03. The number of hydrogen-bond donors (Lipinski definition) is 0. The first-order valence-corrected chi connectivity index (χ1v) is 14.1. The molecule has 0 N–H and O–H groups in total. The Labute approximate surface area is 207 Å². The van der Waals surface area contributed by atoms with Crippen molar-refractivity contribution in [3.05, 3.63) is 107 Å². The van der Waals surface area contributed by atoms with Gasteiger partial charge in [-0.05, 0) is 60.7 Å². The van der Waals surface area contributed by atoms with Crippen molar-refractivity contribution < 1.29 is 16.8 Å². The zero-order chi connectivity index (χ0) is 23.6. The summed E-state index contributed by atoms with van der Waals surface area (Å²) in [6.45, 7) is 0. The van der Waals surface area contributed by atoms with E-state index in [0.29, 0.717) is 9.79 Å². The Morgan fingerprint density at radius 1 is 0.515 bits per heavy atom. The maximum atomic E-state index is 13.0. The van der Waals surface area contributed by atoms with E-state index in [2.05, 4.69) is 0 Å². The summed E-state index contributed by atoms with van der Waals surface area (Å²) in [6, 6.07) is 25.4. The standard InChI is InChI=1S/C24H16Cl2O4S3/c25-21-11-1-3-13-23(21)32(27,28)19-9-5-7-17(15-19)31-18-8-6-10-20(16-18)33(29,30)24-14-4-2-12-22(24)26/h1-16H. The number of sulfone groups is 2. The van der Waals surface area contributed by atoms with Gasteiger partial charge in [-0.15, -0.1) is 0 Å². The van der Waals surface area contributed by atoms with Crippen molar-refractivity contribution in [3.8, 4) is 0 Å². The smallest absolute Gasteiger partial charge is 0.208 e. The average molecular weight is 535 g/mol. The molecule has 168 valence electrons. The second-order valence-electron chi connectivity index (χ2n) is 6.92. The van der Waals surface area contributed by atoms with Gasteiger partial charge in [-0.1, -0.05) is 71.4 Å². The highest BCUT2D eigenvalue weighted by Crippen LogP contribution is 2.35. The van der Waals surface area contributed by atoms with Crippen molar-refractivity contribution >= 4 is 54.6 Å². The molecule has 4 aromatic carbocycles. The van der Waals surface area contributed by atoms with Gasteiger partial charge in [-0.25, -0.2) is 16.8 Å². The number of benzene rings is 4. The Kier molecular flexibility index (Phi) is 6.88. The van der Waals surface area contributed by atoms with E-state index in [1.54, 1.807) is 60.7 Å². The summed E-state index contributed by atoms with van der Waals surface area (Å²) in [5.74, 6) is 0. The Balaban J connectivity index is 1.67. The topological polar surface area (TPSA) is 68.3 Å². The van der Waals surface area contributed by atoms with E-state index >= 15 is 0 Å². The second-order valence-corrected chi connectivity index (χ2v) is 12.7. The van der Waals surface area contributed by atoms with Crippen LogP contribution >= 0.6 is 35.0 Å². The van der Waals surface area contributed by atoms with Crippen molar-refractivity contribution in [2.45, 2.75) is 29.4 Å². The van der Waals surface area contributed by atoms with Crippen LogP contribution in [0.5, 0.6) is 0 Å². The van der Waals surface area contributed by atoms with E-state index in [1.165, 1.54) is 48.2 Å². The molecule has 0 atom stereocenters. The van der Waals surface area contributed by atoms with Gasteiger partial charge < -0.3 is 0 Å². The van der Waals surface area contributed by atoms with Crippen molar-refractivity contribution in [2.75, 3.05) is 0 Å². The molecule has 4 aromatic rings. The molecule has 0 amide bonds. The first-order valence-electron chi connectivity index (χ1n) is 9.57. The highest BCUT2D eigenvalue weighted by Gasteiger charge is 2.22. The Hall–Kier alpha value is -2.29. The van der Waals surface area contributed by atoms with Crippen LogP contribution in [0.4, 0.5) is 0 Å². The van der Waals surface area contributed by atoms with E-state index < -0.39 is 19.7 Å². The molecular weight excluding hydrogens is 519 g/mol. The van der Waals surface area contributed by atoms with Gasteiger partial charge in [0.1, 0.15) is 0 Å². The summed E-state index contributed by atoms with van der Waals surface area (Å²) in [5.41, 5.74) is 0. The van der Waals surface area contributed by atoms with Crippen molar-refractivity contribution in [1.82, 2.24) is 0 Å². The van der Waals surface area contributed by atoms with E-state index in [0.717, 1.165) is 0 Å². The summed E-state index contributed by atoms with van der Waals surface area (Å²) < 4.78 is 52.2. The molecule has 33 heavy (non-hydrogen) atoms. The quantitative estimate of drug-likeness (QED) is 0.271. The lowest BCUT2D eigenvalue weighted by molar-refractivity contribution is 0.594. The Bertz CT molecular complexity index is 1430. The van der Waals surface area contributed by atoms with Crippen molar-refractivity contribution in [2.24, 2.45) is 0 Å². The molecule has 0 aliphatic carbocycles. The Morgan fingerprint density at radius 3 is 1.30 bits per heavy atom. The van der Waals surface area contributed by atoms with Crippen LogP contribution in [0.3, 0.4) is 0 Å². The fourth-order valence-corrected chi connectivity index (χ4v) is 7.84. The minimum atomic E-state index is -3.81. The van der Waals surface area contributed by atoms with E-state index in [9.17, 15) is 16.8 Å². The molecule has 0 saturated carbocycles. The number of hydrogen-bond acceptors (Lipinski definition) is 5. The fourth-order valence-electron chi connectivity index (χ4n) is 3.13. The maximum Gasteiger partial charge on any atom is 0.208 e. The largest absolute Gasteiger partial charge is 0.218 e. The van der Waals surface area contributed by atoms with Gasteiger partial charge >= 0.3 is 0 Å². The van der Waals surface area contributed by atoms with Crippen LogP contribution in [-0.4, -0.2) is 16.8 Å². The minimum Gasteiger partial charge on any atom is -0.218 e. The predicted molar refractivity (Wildman–Crippen MR) is 131 cm³/mol. The van der Waals surface area contributed by atoms with Gasteiger partial charge in [0.05, 0.1) is 29.6 Å². The van der Waals surface area contributed by atoms with Crippen molar-refractivity contribution in [3.63, 3.8) is 0 Å². The lowest BCUT2D eigenvalue weighted by atomic mass is 10.4. The van der Waals surface area contributed by atoms with E-state index in [4.69, 9.17) is 23.2 Å². The molecule has 0 bridgehead atoms. The third-order valence-corrected chi connectivity index (χ3v) is 10.2. The minimum absolute atomic E-state index is 0.0293. The first-order chi connectivity index (χ1) is 15.7. The molecule has 0 saturated heterocycles. The normalized spacial score (nSPS) is 11.9. The molecule has 0 spiro atoms. The van der Waals surface area contributed by atoms with Crippen LogP contribution in [-0.2, 0) is 19.7 Å². The number of halogens is 2. The molecule has 4 nitrogen and oxygen atoms in total. The molecule has 0 radical (unpaired) electrons. The third kappa shape index (κ3) is 4.98. The van der Waals surface area contributed by atoms with Crippen LogP contribution in [0, 0.1) is 0 Å². The van der Waals surface area contributed by atoms with Crippen LogP contribution in [0.2, 0.25) is 10.0 Å². The SMILES string of the molecule is O=S(=O)(c1cccc(Sc2cccc(S(=O)(=O)c3ccccc3Cl)c2)c1)c1ccccc1Cl. The molecule has 0 aliphatic heterocycles. The molecule has 0 aromatic heterocycles. The summed E-state index contributed by atoms with van der Waals surface area (Å²) >= 11 is 13.5. The maximum absolute atomic E-state index is 13.0. The highest BCUT2D eigenvalue weighted by atomic mass is 35.5. The zero-order valence-corrected chi connectivity index (χ0v) is 20.8. The Morgan fingerprint density at radius 2 is 0.909 bits per heavy atom. The molecule has 4 rings (SSSR count). The average Bonchev–Trinajstić information content (AvgIpc) is 2.80. The monoisotopic (exact) mass is 534 g/mol. The van der Waals surface area contributed by atoms with Crippen LogP contribution in [0.25, 0.3) is 0 Å². The summed E-state index contributed by atoms with van der Waals surface area (Å²) in [6.07, 6.45) is 0.